The molecule has 3 rings (SSSR count). The van der Waals surface area contributed by atoms with E-state index in [-0.39, 0.29) is 17.9 Å². The molecule has 29 heavy (non-hydrogen) atoms. The van der Waals surface area contributed by atoms with Gasteiger partial charge in [-0.05, 0) is 37.5 Å². The van der Waals surface area contributed by atoms with Gasteiger partial charge in [-0.25, -0.2) is 4.99 Å². The standard InChI is InChI=1S/C21H31N5O3/c1-3-23-21(24-15-16-6-4-7-17(14-16)19(27)22-2)26-11-9-25(10-12-26)20(28)18-8-5-13-29-18/h4,6-7,14,18H,3,5,8-13,15H2,1-2H3,(H,22,27)(H,23,24). The molecule has 2 aliphatic heterocycles. The number of nitrogens with zero attached hydrogens (tertiary/aromatic N) is 3. The van der Waals surface area contributed by atoms with E-state index in [4.69, 9.17) is 9.73 Å². The van der Waals surface area contributed by atoms with Gasteiger partial charge in [0.05, 0.1) is 6.54 Å². The maximum Gasteiger partial charge on any atom is 0.251 e. The predicted octanol–water partition coefficient (Wildman–Crippen LogP) is 0.835. The molecule has 2 heterocycles. The first-order chi connectivity index (χ1) is 14.1. The fourth-order valence-electron chi connectivity index (χ4n) is 3.66. The molecule has 0 aliphatic carbocycles. The summed E-state index contributed by atoms with van der Waals surface area (Å²) in [6.45, 7) is 6.82. The molecule has 2 aliphatic rings. The first kappa shape index (κ1) is 21.1. The lowest BCUT2D eigenvalue weighted by Gasteiger charge is -2.37. The van der Waals surface area contributed by atoms with Crippen LogP contribution in [-0.2, 0) is 16.1 Å². The Labute approximate surface area is 172 Å². The second kappa shape index (κ2) is 10.2. The van der Waals surface area contributed by atoms with E-state index < -0.39 is 0 Å². The minimum atomic E-state index is -0.254. The Hall–Kier alpha value is -2.61. The van der Waals surface area contributed by atoms with Crippen LogP contribution in [0.3, 0.4) is 0 Å². The van der Waals surface area contributed by atoms with Crippen molar-refractivity contribution in [3.8, 4) is 0 Å². The van der Waals surface area contributed by atoms with Gasteiger partial charge in [0.15, 0.2) is 5.96 Å². The van der Waals surface area contributed by atoms with Crippen molar-refractivity contribution in [1.29, 1.82) is 0 Å². The Balaban J connectivity index is 1.60. The van der Waals surface area contributed by atoms with Gasteiger partial charge in [-0.1, -0.05) is 12.1 Å². The van der Waals surface area contributed by atoms with Gasteiger partial charge < -0.3 is 25.2 Å². The van der Waals surface area contributed by atoms with Crippen molar-refractivity contribution in [2.24, 2.45) is 4.99 Å². The smallest absolute Gasteiger partial charge is 0.251 e. The van der Waals surface area contributed by atoms with E-state index >= 15 is 0 Å². The van der Waals surface area contributed by atoms with Crippen LogP contribution in [0.2, 0.25) is 0 Å². The highest BCUT2D eigenvalue weighted by molar-refractivity contribution is 5.94. The highest BCUT2D eigenvalue weighted by Crippen LogP contribution is 2.16. The van der Waals surface area contributed by atoms with Crippen LogP contribution in [0, 0.1) is 0 Å². The van der Waals surface area contributed by atoms with Crippen LogP contribution in [0.4, 0.5) is 0 Å². The van der Waals surface area contributed by atoms with Gasteiger partial charge in [-0.3, -0.25) is 9.59 Å². The molecule has 2 saturated heterocycles. The first-order valence-corrected chi connectivity index (χ1v) is 10.4. The monoisotopic (exact) mass is 401 g/mol. The number of carbonyl (C=O) groups is 2. The van der Waals surface area contributed by atoms with Crippen molar-refractivity contribution in [2.45, 2.75) is 32.4 Å². The number of amides is 2. The van der Waals surface area contributed by atoms with Crippen LogP contribution < -0.4 is 10.6 Å². The zero-order chi connectivity index (χ0) is 20.6. The van der Waals surface area contributed by atoms with Crippen molar-refractivity contribution in [3.63, 3.8) is 0 Å². The summed E-state index contributed by atoms with van der Waals surface area (Å²) in [5, 5.41) is 5.98. The summed E-state index contributed by atoms with van der Waals surface area (Å²) in [5.41, 5.74) is 1.61. The quantitative estimate of drug-likeness (QED) is 0.564. The summed E-state index contributed by atoms with van der Waals surface area (Å²) < 4.78 is 5.53. The van der Waals surface area contributed by atoms with Crippen molar-refractivity contribution in [1.82, 2.24) is 20.4 Å². The van der Waals surface area contributed by atoms with Crippen molar-refractivity contribution < 1.29 is 14.3 Å². The summed E-state index contributed by atoms with van der Waals surface area (Å²) in [4.78, 5) is 33.2. The van der Waals surface area contributed by atoms with Crippen molar-refractivity contribution >= 4 is 17.8 Å². The van der Waals surface area contributed by atoms with E-state index in [9.17, 15) is 9.59 Å². The fraction of sp³-hybridized carbons (Fsp3) is 0.571. The Morgan fingerprint density at radius 3 is 2.62 bits per heavy atom. The van der Waals surface area contributed by atoms with Crippen LogP contribution in [0.15, 0.2) is 29.3 Å². The summed E-state index contributed by atoms with van der Waals surface area (Å²) in [7, 11) is 1.62. The van der Waals surface area contributed by atoms with E-state index in [1.807, 2.05) is 30.0 Å². The van der Waals surface area contributed by atoms with Crippen molar-refractivity contribution in [3.05, 3.63) is 35.4 Å². The number of carbonyl (C=O) groups excluding carboxylic acids is 2. The molecule has 8 heteroatoms. The molecule has 2 fully saturated rings. The number of aliphatic imine (C=N–C) groups is 1. The Kier molecular flexibility index (Phi) is 7.46. The fourth-order valence-corrected chi connectivity index (χ4v) is 3.66. The minimum absolute atomic E-state index is 0.102. The number of hydrogen-bond acceptors (Lipinski definition) is 4. The number of ether oxygens (including phenoxy) is 1. The van der Waals surface area contributed by atoms with E-state index in [0.29, 0.717) is 31.8 Å². The van der Waals surface area contributed by atoms with Crippen molar-refractivity contribution in [2.75, 3.05) is 46.4 Å². The van der Waals surface area contributed by atoms with Gasteiger partial charge in [-0.15, -0.1) is 0 Å². The summed E-state index contributed by atoms with van der Waals surface area (Å²) in [5.74, 6) is 0.854. The number of piperazine rings is 1. The maximum absolute atomic E-state index is 12.5. The molecule has 0 bridgehead atoms. The third-order valence-corrected chi connectivity index (χ3v) is 5.26. The molecular weight excluding hydrogens is 370 g/mol. The zero-order valence-electron chi connectivity index (χ0n) is 17.3. The third-order valence-electron chi connectivity index (χ3n) is 5.26. The molecule has 1 unspecified atom stereocenters. The molecular formula is C21H31N5O3. The van der Waals surface area contributed by atoms with Gasteiger partial charge in [-0.2, -0.15) is 0 Å². The molecule has 2 N–H and O–H groups in total. The summed E-state index contributed by atoms with van der Waals surface area (Å²) in [6, 6.07) is 7.50. The van der Waals surface area contributed by atoms with Gasteiger partial charge in [0.25, 0.3) is 11.8 Å². The zero-order valence-corrected chi connectivity index (χ0v) is 17.3. The largest absolute Gasteiger partial charge is 0.368 e. The average molecular weight is 402 g/mol. The molecule has 0 saturated carbocycles. The highest BCUT2D eigenvalue weighted by Gasteiger charge is 2.30. The summed E-state index contributed by atoms with van der Waals surface area (Å²) in [6.07, 6.45) is 1.54. The molecule has 2 amide bonds. The van der Waals surface area contributed by atoms with Gasteiger partial charge in [0.2, 0.25) is 0 Å². The second-order valence-electron chi connectivity index (χ2n) is 7.26. The number of benzene rings is 1. The lowest BCUT2D eigenvalue weighted by molar-refractivity contribution is -0.142. The van der Waals surface area contributed by atoms with Gasteiger partial charge >= 0.3 is 0 Å². The Morgan fingerprint density at radius 2 is 1.97 bits per heavy atom. The lowest BCUT2D eigenvalue weighted by atomic mass is 10.1. The van der Waals surface area contributed by atoms with Gasteiger partial charge in [0.1, 0.15) is 6.10 Å². The number of nitrogens with one attached hydrogen (secondary N) is 2. The molecule has 158 valence electrons. The normalized spacial score (nSPS) is 19.9. The predicted molar refractivity (Wildman–Crippen MR) is 112 cm³/mol. The SMILES string of the molecule is CCNC(=NCc1cccc(C(=O)NC)c1)N1CCN(C(=O)C2CCCO2)CC1. The lowest BCUT2D eigenvalue weighted by Crippen LogP contribution is -2.55. The van der Waals surface area contributed by atoms with Crippen LogP contribution in [0.1, 0.15) is 35.7 Å². The Morgan fingerprint density at radius 1 is 1.21 bits per heavy atom. The van der Waals surface area contributed by atoms with Gasteiger partial charge in [0, 0.05) is 51.9 Å². The third kappa shape index (κ3) is 5.47. The maximum atomic E-state index is 12.5. The average Bonchev–Trinajstić information content (AvgIpc) is 3.31. The molecule has 8 nitrogen and oxygen atoms in total. The molecule has 0 aromatic heterocycles. The topological polar surface area (TPSA) is 86.3 Å². The summed E-state index contributed by atoms with van der Waals surface area (Å²) >= 11 is 0. The highest BCUT2D eigenvalue weighted by atomic mass is 16.5. The number of rotatable bonds is 5. The van der Waals surface area contributed by atoms with E-state index in [2.05, 4.69) is 15.5 Å². The molecule has 0 spiro atoms. The molecule has 1 aromatic rings. The molecule has 1 aromatic carbocycles. The van der Waals surface area contributed by atoms with Crippen LogP contribution in [-0.4, -0.2) is 80.1 Å². The Bertz CT molecular complexity index is 738. The number of guanidine groups is 1. The molecule has 0 radical (unpaired) electrons. The van der Waals surface area contributed by atoms with Crippen LogP contribution >= 0.6 is 0 Å². The van der Waals surface area contributed by atoms with E-state index in [1.165, 1.54) is 0 Å². The van der Waals surface area contributed by atoms with E-state index in [1.54, 1.807) is 13.1 Å². The first-order valence-electron chi connectivity index (χ1n) is 10.4. The second-order valence-corrected chi connectivity index (χ2v) is 7.26. The number of hydrogen-bond donors (Lipinski definition) is 2. The van der Waals surface area contributed by atoms with Crippen LogP contribution in [0.25, 0.3) is 0 Å². The minimum Gasteiger partial charge on any atom is -0.368 e. The van der Waals surface area contributed by atoms with E-state index in [0.717, 1.165) is 44.0 Å². The van der Waals surface area contributed by atoms with Crippen LogP contribution in [0.5, 0.6) is 0 Å². The molecule has 1 atom stereocenters.